The van der Waals surface area contributed by atoms with Gasteiger partial charge in [0.25, 0.3) is 0 Å². The summed E-state index contributed by atoms with van der Waals surface area (Å²) in [6.45, 7) is 2.40. The first-order valence-corrected chi connectivity index (χ1v) is 7.57. The van der Waals surface area contributed by atoms with Gasteiger partial charge in [0.05, 0.1) is 12.4 Å². The van der Waals surface area contributed by atoms with Gasteiger partial charge in [-0.3, -0.25) is 0 Å². The molecule has 0 bridgehead atoms. The molecule has 16 heavy (non-hydrogen) atoms. The van der Waals surface area contributed by atoms with Gasteiger partial charge in [0, 0.05) is 16.6 Å². The molecule has 2 rings (SSSR count). The maximum absolute atomic E-state index is 11.0. The second-order valence-electron chi connectivity index (χ2n) is 4.15. The zero-order chi connectivity index (χ0) is 11.8. The number of ether oxygens (including phenoxy) is 1. The minimum absolute atomic E-state index is 0.0259. The molecule has 0 amide bonds. The molecule has 0 radical (unpaired) electrons. The van der Waals surface area contributed by atoms with Crippen molar-refractivity contribution in [2.45, 2.75) is 13.3 Å². The number of hydrogen-bond donors (Lipinski definition) is 0. The zero-order valence-electron chi connectivity index (χ0n) is 8.94. The molecule has 0 aromatic heterocycles. The van der Waals surface area contributed by atoms with Crippen molar-refractivity contribution < 1.29 is 13.2 Å². The summed E-state index contributed by atoms with van der Waals surface area (Å²) >= 11 is 0. The largest absolute Gasteiger partial charge is 0.493 e. The van der Waals surface area contributed by atoms with Crippen molar-refractivity contribution in [3.63, 3.8) is 0 Å². The maximum atomic E-state index is 11.0. The van der Waals surface area contributed by atoms with Crippen LogP contribution in [0.15, 0.2) is 18.2 Å². The standard InChI is InChI=1S/C11H13ClO3S/c1-8-3-2-4-10-5-9(6-15-11(8)10)7-16(12,13)14/h2-4,9H,5-7H2,1H3. The van der Waals surface area contributed by atoms with Crippen molar-refractivity contribution in [2.75, 3.05) is 12.4 Å². The van der Waals surface area contributed by atoms with Gasteiger partial charge in [-0.2, -0.15) is 0 Å². The summed E-state index contributed by atoms with van der Waals surface area (Å²) in [6.07, 6.45) is 0.711. The van der Waals surface area contributed by atoms with E-state index in [9.17, 15) is 8.42 Å². The van der Waals surface area contributed by atoms with Crippen LogP contribution in [0, 0.1) is 12.8 Å². The SMILES string of the molecule is Cc1cccc2c1OCC(CS(=O)(=O)Cl)C2. The third-order valence-corrected chi connectivity index (χ3v) is 3.95. The molecule has 0 N–H and O–H groups in total. The van der Waals surface area contributed by atoms with Crippen LogP contribution in [0.3, 0.4) is 0 Å². The Morgan fingerprint density at radius 2 is 2.25 bits per heavy atom. The zero-order valence-corrected chi connectivity index (χ0v) is 10.5. The number of halogens is 1. The van der Waals surface area contributed by atoms with Crippen LogP contribution in [-0.2, 0) is 15.5 Å². The van der Waals surface area contributed by atoms with Gasteiger partial charge < -0.3 is 4.74 Å². The molecule has 88 valence electrons. The fraction of sp³-hybridized carbons (Fsp3) is 0.455. The molecular formula is C11H13ClO3S. The van der Waals surface area contributed by atoms with Gasteiger partial charge in [0.2, 0.25) is 9.05 Å². The summed E-state index contributed by atoms with van der Waals surface area (Å²) in [5.74, 6) is 0.824. The summed E-state index contributed by atoms with van der Waals surface area (Å²) in [6, 6.07) is 5.90. The van der Waals surface area contributed by atoms with Crippen LogP contribution in [0.4, 0.5) is 0 Å². The van der Waals surface area contributed by atoms with Crippen LogP contribution in [0.1, 0.15) is 11.1 Å². The highest BCUT2D eigenvalue weighted by Crippen LogP contribution is 2.31. The summed E-state index contributed by atoms with van der Waals surface area (Å²) in [5, 5.41) is 0. The van der Waals surface area contributed by atoms with E-state index in [4.69, 9.17) is 15.4 Å². The molecule has 0 spiro atoms. The van der Waals surface area contributed by atoms with E-state index in [0.29, 0.717) is 13.0 Å². The first-order chi connectivity index (χ1) is 7.46. The molecule has 1 unspecified atom stereocenters. The minimum Gasteiger partial charge on any atom is -0.493 e. The summed E-state index contributed by atoms with van der Waals surface area (Å²) in [5.41, 5.74) is 2.15. The van der Waals surface area contributed by atoms with E-state index < -0.39 is 9.05 Å². The Balaban J connectivity index is 2.19. The van der Waals surface area contributed by atoms with Crippen molar-refractivity contribution in [2.24, 2.45) is 5.92 Å². The average molecular weight is 261 g/mol. The van der Waals surface area contributed by atoms with E-state index in [1.807, 2.05) is 25.1 Å². The number of hydrogen-bond acceptors (Lipinski definition) is 3. The Kier molecular flexibility index (Phi) is 3.13. The highest BCUT2D eigenvalue weighted by atomic mass is 35.7. The van der Waals surface area contributed by atoms with Gasteiger partial charge in [-0.15, -0.1) is 0 Å². The molecule has 0 aliphatic carbocycles. The van der Waals surface area contributed by atoms with Crippen LogP contribution in [0.2, 0.25) is 0 Å². The van der Waals surface area contributed by atoms with Crippen LogP contribution >= 0.6 is 10.7 Å². The number of aryl methyl sites for hydroxylation is 1. The molecule has 1 atom stereocenters. The lowest BCUT2D eigenvalue weighted by atomic mass is 9.96. The Morgan fingerprint density at radius 1 is 1.50 bits per heavy atom. The van der Waals surface area contributed by atoms with Crippen molar-refractivity contribution in [1.82, 2.24) is 0 Å². The summed E-state index contributed by atoms with van der Waals surface area (Å²) in [7, 11) is 1.80. The molecule has 1 aromatic rings. The molecule has 3 nitrogen and oxygen atoms in total. The van der Waals surface area contributed by atoms with E-state index in [0.717, 1.165) is 16.9 Å². The van der Waals surface area contributed by atoms with Crippen LogP contribution in [0.25, 0.3) is 0 Å². The third kappa shape index (κ3) is 2.68. The van der Waals surface area contributed by atoms with E-state index in [1.54, 1.807) is 0 Å². The number of para-hydroxylation sites is 1. The Labute approximate surface area is 99.8 Å². The molecule has 0 saturated carbocycles. The van der Waals surface area contributed by atoms with Crippen LogP contribution < -0.4 is 4.74 Å². The normalized spacial score (nSPS) is 20.0. The third-order valence-electron chi connectivity index (χ3n) is 2.70. The summed E-state index contributed by atoms with van der Waals surface area (Å²) < 4.78 is 27.6. The van der Waals surface area contributed by atoms with Gasteiger partial charge in [0.15, 0.2) is 0 Å². The molecule has 1 aliphatic rings. The average Bonchev–Trinajstić information content (AvgIpc) is 2.15. The molecule has 1 heterocycles. The van der Waals surface area contributed by atoms with Crippen molar-refractivity contribution >= 4 is 19.7 Å². The second kappa shape index (κ2) is 4.26. The summed E-state index contributed by atoms with van der Waals surface area (Å²) in [4.78, 5) is 0. The molecule has 1 aliphatic heterocycles. The fourth-order valence-electron chi connectivity index (χ4n) is 2.04. The van der Waals surface area contributed by atoms with Crippen LogP contribution in [0.5, 0.6) is 5.75 Å². The van der Waals surface area contributed by atoms with Gasteiger partial charge in [-0.05, 0) is 24.5 Å². The number of fused-ring (bicyclic) bond motifs is 1. The monoisotopic (exact) mass is 260 g/mol. The molecule has 0 fully saturated rings. The lowest BCUT2D eigenvalue weighted by molar-refractivity contribution is 0.234. The Hall–Kier alpha value is -0.740. The van der Waals surface area contributed by atoms with E-state index in [-0.39, 0.29) is 11.7 Å². The van der Waals surface area contributed by atoms with Crippen molar-refractivity contribution in [3.8, 4) is 5.75 Å². The predicted molar refractivity (Wildman–Crippen MR) is 63.5 cm³/mol. The topological polar surface area (TPSA) is 43.4 Å². The minimum atomic E-state index is -3.44. The fourth-order valence-corrected chi connectivity index (χ4v) is 3.35. The van der Waals surface area contributed by atoms with E-state index >= 15 is 0 Å². The Bertz CT molecular complexity index is 496. The van der Waals surface area contributed by atoms with E-state index in [1.165, 1.54) is 0 Å². The molecular weight excluding hydrogens is 248 g/mol. The van der Waals surface area contributed by atoms with Crippen LogP contribution in [-0.4, -0.2) is 20.8 Å². The highest BCUT2D eigenvalue weighted by Gasteiger charge is 2.24. The van der Waals surface area contributed by atoms with Gasteiger partial charge in [-0.1, -0.05) is 18.2 Å². The maximum Gasteiger partial charge on any atom is 0.233 e. The quantitative estimate of drug-likeness (QED) is 0.765. The number of benzene rings is 1. The Morgan fingerprint density at radius 3 is 2.94 bits per heavy atom. The first kappa shape index (κ1) is 11.7. The lowest BCUT2D eigenvalue weighted by Gasteiger charge is -2.25. The van der Waals surface area contributed by atoms with E-state index in [2.05, 4.69) is 0 Å². The number of rotatable bonds is 2. The van der Waals surface area contributed by atoms with Crippen molar-refractivity contribution in [3.05, 3.63) is 29.3 Å². The molecule has 0 saturated heterocycles. The van der Waals surface area contributed by atoms with Gasteiger partial charge >= 0.3 is 0 Å². The first-order valence-electron chi connectivity index (χ1n) is 5.09. The molecule has 1 aromatic carbocycles. The molecule has 5 heteroatoms. The predicted octanol–water partition coefficient (Wildman–Crippen LogP) is 2.11. The van der Waals surface area contributed by atoms with Gasteiger partial charge in [0.1, 0.15) is 5.75 Å². The van der Waals surface area contributed by atoms with Crippen molar-refractivity contribution in [1.29, 1.82) is 0 Å². The highest BCUT2D eigenvalue weighted by molar-refractivity contribution is 8.13. The van der Waals surface area contributed by atoms with Gasteiger partial charge in [-0.25, -0.2) is 8.42 Å². The second-order valence-corrected chi connectivity index (χ2v) is 6.97. The lowest BCUT2D eigenvalue weighted by Crippen LogP contribution is -2.26. The smallest absolute Gasteiger partial charge is 0.233 e.